The molecular formula is C13H10ClF3N2. The maximum atomic E-state index is 13.0. The minimum atomic E-state index is -4.47. The van der Waals surface area contributed by atoms with Crippen molar-refractivity contribution in [3.8, 4) is 11.4 Å². The van der Waals surface area contributed by atoms with E-state index in [2.05, 4.69) is 4.98 Å². The summed E-state index contributed by atoms with van der Waals surface area (Å²) >= 11 is 5.68. The Hall–Kier alpha value is -1.49. The zero-order valence-corrected chi connectivity index (χ0v) is 10.6. The molecule has 2 heterocycles. The molecule has 6 heteroatoms. The molecule has 0 radical (unpaired) electrons. The van der Waals surface area contributed by atoms with Gasteiger partial charge in [0.25, 0.3) is 0 Å². The van der Waals surface area contributed by atoms with Gasteiger partial charge in [0.15, 0.2) is 5.69 Å². The summed E-state index contributed by atoms with van der Waals surface area (Å²) in [7, 11) is 0. The lowest BCUT2D eigenvalue weighted by atomic mass is 10.0. The number of fused-ring (bicyclic) bond motifs is 3. The van der Waals surface area contributed by atoms with Crippen molar-refractivity contribution < 1.29 is 13.2 Å². The Bertz CT molecular complexity index is 631. The van der Waals surface area contributed by atoms with Gasteiger partial charge in [-0.2, -0.15) is 13.2 Å². The van der Waals surface area contributed by atoms with E-state index in [1.165, 1.54) is 0 Å². The average Bonchev–Trinajstić information content (AvgIpc) is 2.77. The van der Waals surface area contributed by atoms with Gasteiger partial charge in [0, 0.05) is 12.1 Å². The second kappa shape index (κ2) is 4.27. The lowest BCUT2D eigenvalue weighted by Crippen LogP contribution is -2.14. The van der Waals surface area contributed by atoms with Crippen LogP contribution in [0.5, 0.6) is 0 Å². The first-order chi connectivity index (χ1) is 9.02. The Labute approximate surface area is 112 Å². The van der Waals surface area contributed by atoms with Crippen molar-refractivity contribution in [3.05, 3.63) is 41.2 Å². The van der Waals surface area contributed by atoms with E-state index in [1.807, 2.05) is 12.1 Å². The highest BCUT2D eigenvalue weighted by molar-refractivity contribution is 6.17. The van der Waals surface area contributed by atoms with Gasteiger partial charge in [-0.25, -0.2) is 4.98 Å². The number of aryl methyl sites for hydroxylation is 1. The van der Waals surface area contributed by atoms with Crippen LogP contribution in [0.2, 0.25) is 0 Å². The van der Waals surface area contributed by atoms with Crippen LogP contribution in [0.3, 0.4) is 0 Å². The van der Waals surface area contributed by atoms with E-state index in [9.17, 15) is 13.2 Å². The highest BCUT2D eigenvalue weighted by atomic mass is 35.5. The fourth-order valence-electron chi connectivity index (χ4n) is 2.48. The summed E-state index contributed by atoms with van der Waals surface area (Å²) in [6.45, 7) is 0.484. The second-order valence-corrected chi connectivity index (χ2v) is 4.69. The maximum absolute atomic E-state index is 13.0. The smallest absolute Gasteiger partial charge is 0.326 e. The van der Waals surface area contributed by atoms with Crippen molar-refractivity contribution >= 4 is 11.6 Å². The SMILES string of the molecule is FC(F)(F)c1nc2n(c1CCl)CCc1ccccc1-2. The zero-order valence-electron chi connectivity index (χ0n) is 9.84. The summed E-state index contributed by atoms with van der Waals surface area (Å²) in [6, 6.07) is 7.40. The van der Waals surface area contributed by atoms with Gasteiger partial charge in [0.1, 0.15) is 5.82 Å². The molecule has 2 aromatic rings. The molecule has 0 aliphatic carbocycles. The van der Waals surface area contributed by atoms with Gasteiger partial charge in [-0.1, -0.05) is 24.3 Å². The number of nitrogens with zero attached hydrogens (tertiary/aromatic N) is 2. The van der Waals surface area contributed by atoms with Crippen molar-refractivity contribution in [3.63, 3.8) is 0 Å². The standard InChI is InChI=1S/C13H10ClF3N2/c14-7-10-11(13(15,16)17)18-12-9-4-2-1-3-8(9)5-6-19(10)12/h1-4H,5-7H2. The summed E-state index contributed by atoms with van der Waals surface area (Å²) in [5.74, 6) is 0.175. The highest BCUT2D eigenvalue weighted by Crippen LogP contribution is 2.38. The molecule has 100 valence electrons. The predicted octanol–water partition coefficient (Wildman–Crippen LogP) is 3.86. The quantitative estimate of drug-likeness (QED) is 0.728. The molecule has 0 spiro atoms. The molecule has 3 rings (SSSR count). The third kappa shape index (κ3) is 1.92. The molecule has 0 unspecified atom stereocenters. The Balaban J connectivity index is 2.25. The molecule has 0 atom stereocenters. The van der Waals surface area contributed by atoms with Crippen molar-refractivity contribution in [2.24, 2.45) is 0 Å². The van der Waals surface area contributed by atoms with Gasteiger partial charge in [0.2, 0.25) is 0 Å². The molecule has 0 amide bonds. The van der Waals surface area contributed by atoms with Crippen LogP contribution < -0.4 is 0 Å². The third-order valence-corrected chi connectivity index (χ3v) is 3.58. The number of aromatic nitrogens is 2. The lowest BCUT2D eigenvalue weighted by Gasteiger charge is -2.19. The Morgan fingerprint density at radius 1 is 1.26 bits per heavy atom. The van der Waals surface area contributed by atoms with Crippen LogP contribution in [0, 0.1) is 0 Å². The summed E-state index contributed by atoms with van der Waals surface area (Å²) in [5.41, 5.74) is 0.971. The summed E-state index contributed by atoms with van der Waals surface area (Å²) in [4.78, 5) is 3.79. The maximum Gasteiger partial charge on any atom is 0.435 e. The first-order valence-electron chi connectivity index (χ1n) is 5.83. The van der Waals surface area contributed by atoms with Crippen molar-refractivity contribution in [1.29, 1.82) is 0 Å². The van der Waals surface area contributed by atoms with Crippen molar-refractivity contribution in [2.45, 2.75) is 25.0 Å². The fraction of sp³-hybridized carbons (Fsp3) is 0.308. The zero-order chi connectivity index (χ0) is 13.6. The Morgan fingerprint density at radius 2 is 2.00 bits per heavy atom. The number of hydrogen-bond donors (Lipinski definition) is 0. The molecular weight excluding hydrogens is 277 g/mol. The summed E-state index contributed by atoms with van der Waals surface area (Å²) < 4.78 is 40.5. The number of alkyl halides is 4. The molecule has 0 fully saturated rings. The van der Waals surface area contributed by atoms with E-state index in [-0.39, 0.29) is 11.6 Å². The molecule has 1 aliphatic rings. The van der Waals surface area contributed by atoms with E-state index in [0.29, 0.717) is 18.8 Å². The van der Waals surface area contributed by atoms with Gasteiger partial charge in [-0.3, -0.25) is 0 Å². The predicted molar refractivity (Wildman–Crippen MR) is 65.9 cm³/mol. The van der Waals surface area contributed by atoms with E-state index in [0.717, 1.165) is 11.1 Å². The Morgan fingerprint density at radius 3 is 2.68 bits per heavy atom. The topological polar surface area (TPSA) is 17.8 Å². The molecule has 0 bridgehead atoms. The largest absolute Gasteiger partial charge is 0.435 e. The van der Waals surface area contributed by atoms with Crippen LogP contribution in [-0.2, 0) is 25.0 Å². The number of halogens is 4. The van der Waals surface area contributed by atoms with Crippen LogP contribution in [0.4, 0.5) is 13.2 Å². The molecule has 2 nitrogen and oxygen atoms in total. The number of imidazole rings is 1. The fourth-order valence-corrected chi connectivity index (χ4v) is 2.75. The molecule has 1 aromatic heterocycles. The van der Waals surface area contributed by atoms with E-state index in [4.69, 9.17) is 11.6 Å². The van der Waals surface area contributed by atoms with Gasteiger partial charge in [0.05, 0.1) is 11.6 Å². The Kier molecular flexibility index (Phi) is 2.82. The van der Waals surface area contributed by atoms with Crippen molar-refractivity contribution in [1.82, 2.24) is 9.55 Å². The first-order valence-corrected chi connectivity index (χ1v) is 6.36. The second-order valence-electron chi connectivity index (χ2n) is 4.42. The molecule has 0 saturated carbocycles. The van der Waals surface area contributed by atoms with Crippen LogP contribution >= 0.6 is 11.6 Å². The first kappa shape index (κ1) is 12.5. The molecule has 0 N–H and O–H groups in total. The summed E-state index contributed by atoms with van der Waals surface area (Å²) in [5, 5.41) is 0. The van der Waals surface area contributed by atoms with Crippen LogP contribution in [0.1, 0.15) is 17.0 Å². The van der Waals surface area contributed by atoms with Gasteiger partial charge in [-0.05, 0) is 12.0 Å². The van der Waals surface area contributed by atoms with Gasteiger partial charge in [-0.15, -0.1) is 11.6 Å². The summed E-state index contributed by atoms with van der Waals surface area (Å²) in [6.07, 6.45) is -3.77. The number of rotatable bonds is 1. The number of hydrogen-bond acceptors (Lipinski definition) is 1. The van der Waals surface area contributed by atoms with Crippen molar-refractivity contribution in [2.75, 3.05) is 0 Å². The lowest BCUT2D eigenvalue weighted by molar-refractivity contribution is -0.141. The minimum absolute atomic E-state index is 0.0543. The van der Waals surface area contributed by atoms with Gasteiger partial charge >= 0.3 is 6.18 Å². The monoisotopic (exact) mass is 286 g/mol. The van der Waals surface area contributed by atoms with E-state index in [1.54, 1.807) is 16.7 Å². The van der Waals surface area contributed by atoms with Crippen LogP contribution in [0.25, 0.3) is 11.4 Å². The minimum Gasteiger partial charge on any atom is -0.326 e. The average molecular weight is 287 g/mol. The van der Waals surface area contributed by atoms with Gasteiger partial charge < -0.3 is 4.57 Å². The molecule has 1 aromatic carbocycles. The van der Waals surface area contributed by atoms with E-state index < -0.39 is 11.9 Å². The molecule has 1 aliphatic heterocycles. The normalized spacial score (nSPS) is 14.1. The molecule has 0 saturated heterocycles. The number of benzene rings is 1. The van der Waals surface area contributed by atoms with Crippen LogP contribution in [0.15, 0.2) is 24.3 Å². The highest BCUT2D eigenvalue weighted by Gasteiger charge is 2.39. The third-order valence-electron chi connectivity index (χ3n) is 3.33. The van der Waals surface area contributed by atoms with Crippen LogP contribution in [-0.4, -0.2) is 9.55 Å². The van der Waals surface area contributed by atoms with E-state index >= 15 is 0 Å². The molecule has 19 heavy (non-hydrogen) atoms.